The number of ether oxygens (including phenoxy) is 1. The van der Waals surface area contributed by atoms with Gasteiger partial charge in [0, 0.05) is 17.3 Å². The minimum absolute atomic E-state index is 0.328. The second kappa shape index (κ2) is 8.75. The Labute approximate surface area is 174 Å². The second-order valence-electron chi connectivity index (χ2n) is 6.83. The van der Waals surface area contributed by atoms with Crippen LogP contribution in [0.5, 0.6) is 11.5 Å². The van der Waals surface area contributed by atoms with E-state index in [1.807, 2.05) is 61.5 Å². The summed E-state index contributed by atoms with van der Waals surface area (Å²) >= 11 is 0. The van der Waals surface area contributed by atoms with Gasteiger partial charge in [-0.15, -0.1) is 0 Å². The third-order valence-electron chi connectivity index (χ3n) is 4.82. The van der Waals surface area contributed by atoms with E-state index in [1.54, 1.807) is 23.3 Å². The number of hydrogen-bond donors (Lipinski definition) is 2. The molecule has 4 aromatic rings. The summed E-state index contributed by atoms with van der Waals surface area (Å²) in [5.41, 5.74) is 2.21. The molecule has 4 rings (SSSR count). The summed E-state index contributed by atoms with van der Waals surface area (Å²) in [6, 6.07) is 16.2. The fourth-order valence-electron chi connectivity index (χ4n) is 3.28. The number of fused-ring (bicyclic) bond motifs is 1. The van der Waals surface area contributed by atoms with Crippen LogP contribution in [0.3, 0.4) is 0 Å². The number of aromatic nitrogens is 3. The molecule has 2 aromatic carbocycles. The van der Waals surface area contributed by atoms with Crippen LogP contribution in [-0.2, 0) is 11.2 Å². The van der Waals surface area contributed by atoms with Crippen LogP contribution in [0.25, 0.3) is 10.9 Å². The SMILES string of the molecule is CCc1cncn1C(CO)C(=O)Nc1cnc2ccc(Oc3ccccc3)cc2c1. The molecule has 7 heteroatoms. The largest absolute Gasteiger partial charge is 0.457 e. The van der Waals surface area contributed by atoms with Crippen LogP contribution in [0.1, 0.15) is 18.7 Å². The Kier molecular flexibility index (Phi) is 5.72. The average Bonchev–Trinajstić information content (AvgIpc) is 3.23. The van der Waals surface area contributed by atoms with Crippen LogP contribution in [0, 0.1) is 0 Å². The molecular weight excluding hydrogens is 380 g/mol. The first kappa shape index (κ1) is 19.6. The van der Waals surface area contributed by atoms with E-state index >= 15 is 0 Å². The van der Waals surface area contributed by atoms with E-state index in [4.69, 9.17) is 4.74 Å². The van der Waals surface area contributed by atoms with Crippen molar-refractivity contribution in [1.29, 1.82) is 0 Å². The van der Waals surface area contributed by atoms with Gasteiger partial charge < -0.3 is 19.7 Å². The highest BCUT2D eigenvalue weighted by Gasteiger charge is 2.21. The van der Waals surface area contributed by atoms with Gasteiger partial charge in [0.05, 0.1) is 30.3 Å². The van der Waals surface area contributed by atoms with Gasteiger partial charge in [-0.25, -0.2) is 4.98 Å². The van der Waals surface area contributed by atoms with E-state index in [0.29, 0.717) is 17.9 Å². The highest BCUT2D eigenvalue weighted by molar-refractivity contribution is 5.95. The van der Waals surface area contributed by atoms with Gasteiger partial charge in [0.2, 0.25) is 5.91 Å². The molecule has 0 aliphatic rings. The molecule has 30 heavy (non-hydrogen) atoms. The first-order valence-corrected chi connectivity index (χ1v) is 9.73. The molecule has 0 saturated heterocycles. The standard InChI is InChI=1S/C23H22N4O3/c1-2-18-13-24-15-27(18)22(14-28)23(29)26-17-10-16-11-20(8-9-21(16)25-12-17)30-19-6-4-3-5-7-19/h3-13,15,22,28H,2,14H2,1H3,(H,26,29). The maximum Gasteiger partial charge on any atom is 0.249 e. The van der Waals surface area contributed by atoms with Crippen LogP contribution in [0.4, 0.5) is 5.69 Å². The molecule has 0 fully saturated rings. The Morgan fingerprint density at radius 1 is 1.13 bits per heavy atom. The fraction of sp³-hybridized carbons (Fsp3) is 0.174. The Hall–Kier alpha value is -3.71. The van der Waals surface area contributed by atoms with Crippen molar-refractivity contribution in [2.75, 3.05) is 11.9 Å². The molecule has 1 amide bonds. The van der Waals surface area contributed by atoms with Crippen molar-refractivity contribution in [3.63, 3.8) is 0 Å². The monoisotopic (exact) mass is 402 g/mol. The lowest BCUT2D eigenvalue weighted by molar-refractivity contribution is -0.120. The third kappa shape index (κ3) is 4.16. The van der Waals surface area contributed by atoms with Crippen molar-refractivity contribution in [2.24, 2.45) is 0 Å². The highest BCUT2D eigenvalue weighted by Crippen LogP contribution is 2.26. The zero-order valence-electron chi connectivity index (χ0n) is 16.5. The summed E-state index contributed by atoms with van der Waals surface area (Å²) in [6.07, 6.45) is 5.57. The number of anilines is 1. The molecule has 2 heterocycles. The van der Waals surface area contributed by atoms with Crippen molar-refractivity contribution in [3.05, 3.63) is 79.0 Å². The normalized spacial score (nSPS) is 11.9. The van der Waals surface area contributed by atoms with Gasteiger partial charge in [-0.1, -0.05) is 25.1 Å². The Morgan fingerprint density at radius 2 is 1.97 bits per heavy atom. The minimum atomic E-state index is -0.758. The number of para-hydroxylation sites is 1. The van der Waals surface area contributed by atoms with Crippen LogP contribution in [-0.4, -0.2) is 32.2 Å². The predicted molar refractivity (Wildman–Crippen MR) is 115 cm³/mol. The number of rotatable bonds is 7. The number of benzene rings is 2. The number of carbonyl (C=O) groups excluding carboxylic acids is 1. The number of aliphatic hydroxyl groups excluding tert-OH is 1. The molecule has 0 aliphatic heterocycles. The number of nitrogens with one attached hydrogen (secondary N) is 1. The first-order valence-electron chi connectivity index (χ1n) is 9.73. The van der Waals surface area contributed by atoms with Gasteiger partial charge in [0.25, 0.3) is 0 Å². The summed E-state index contributed by atoms with van der Waals surface area (Å²) in [5.74, 6) is 1.09. The summed E-state index contributed by atoms with van der Waals surface area (Å²) in [5, 5.41) is 13.4. The lowest BCUT2D eigenvalue weighted by atomic mass is 10.2. The number of hydrogen-bond acceptors (Lipinski definition) is 5. The number of carbonyl (C=O) groups is 1. The molecule has 0 bridgehead atoms. The van der Waals surface area contributed by atoms with E-state index in [9.17, 15) is 9.90 Å². The minimum Gasteiger partial charge on any atom is -0.457 e. The molecule has 1 atom stereocenters. The number of nitrogens with zero attached hydrogens (tertiary/aromatic N) is 3. The number of pyridine rings is 1. The number of amides is 1. The van der Waals surface area contributed by atoms with Crippen molar-refractivity contribution in [2.45, 2.75) is 19.4 Å². The average molecular weight is 402 g/mol. The second-order valence-corrected chi connectivity index (χ2v) is 6.83. The van der Waals surface area contributed by atoms with Gasteiger partial charge in [-0.05, 0) is 42.8 Å². The van der Waals surface area contributed by atoms with Crippen molar-refractivity contribution in [3.8, 4) is 11.5 Å². The number of aryl methyl sites for hydroxylation is 1. The zero-order valence-corrected chi connectivity index (χ0v) is 16.5. The van der Waals surface area contributed by atoms with Gasteiger partial charge >= 0.3 is 0 Å². The highest BCUT2D eigenvalue weighted by atomic mass is 16.5. The molecule has 152 valence electrons. The van der Waals surface area contributed by atoms with Crippen LogP contribution < -0.4 is 10.1 Å². The van der Waals surface area contributed by atoms with E-state index in [1.165, 1.54) is 0 Å². The molecule has 0 spiro atoms. The quantitative estimate of drug-likeness (QED) is 0.488. The summed E-state index contributed by atoms with van der Waals surface area (Å²) in [6.45, 7) is 1.65. The number of aliphatic hydroxyl groups is 1. The molecular formula is C23H22N4O3. The topological polar surface area (TPSA) is 89.3 Å². The van der Waals surface area contributed by atoms with Crippen molar-refractivity contribution in [1.82, 2.24) is 14.5 Å². The lowest BCUT2D eigenvalue weighted by Gasteiger charge is -2.18. The van der Waals surface area contributed by atoms with E-state index in [0.717, 1.165) is 22.3 Å². The molecule has 0 radical (unpaired) electrons. The van der Waals surface area contributed by atoms with E-state index < -0.39 is 6.04 Å². The van der Waals surface area contributed by atoms with Gasteiger partial charge in [0.15, 0.2) is 0 Å². The summed E-state index contributed by atoms with van der Waals surface area (Å²) in [4.78, 5) is 21.3. The van der Waals surface area contributed by atoms with Gasteiger partial charge in [0.1, 0.15) is 17.5 Å². The van der Waals surface area contributed by atoms with Crippen LogP contribution >= 0.6 is 0 Å². The Bertz CT molecular complexity index is 1160. The Morgan fingerprint density at radius 3 is 2.73 bits per heavy atom. The molecule has 0 aliphatic carbocycles. The van der Waals surface area contributed by atoms with E-state index in [-0.39, 0.29) is 12.5 Å². The van der Waals surface area contributed by atoms with Crippen LogP contribution in [0.15, 0.2) is 73.3 Å². The maximum atomic E-state index is 12.8. The fourth-order valence-corrected chi connectivity index (χ4v) is 3.28. The molecule has 7 nitrogen and oxygen atoms in total. The Balaban J connectivity index is 1.55. The van der Waals surface area contributed by atoms with Crippen molar-refractivity contribution >= 4 is 22.5 Å². The smallest absolute Gasteiger partial charge is 0.249 e. The van der Waals surface area contributed by atoms with Crippen molar-refractivity contribution < 1.29 is 14.6 Å². The maximum absolute atomic E-state index is 12.8. The van der Waals surface area contributed by atoms with Gasteiger partial charge in [-0.2, -0.15) is 0 Å². The zero-order chi connectivity index (χ0) is 20.9. The third-order valence-corrected chi connectivity index (χ3v) is 4.82. The molecule has 2 aromatic heterocycles. The molecule has 1 unspecified atom stereocenters. The summed E-state index contributed by atoms with van der Waals surface area (Å²) < 4.78 is 7.57. The van der Waals surface area contributed by atoms with Gasteiger partial charge in [-0.3, -0.25) is 9.78 Å². The van der Waals surface area contributed by atoms with E-state index in [2.05, 4.69) is 15.3 Å². The van der Waals surface area contributed by atoms with Crippen LogP contribution in [0.2, 0.25) is 0 Å². The number of imidazole rings is 1. The molecule has 2 N–H and O–H groups in total. The lowest BCUT2D eigenvalue weighted by Crippen LogP contribution is -2.29. The predicted octanol–water partition coefficient (Wildman–Crippen LogP) is 3.96. The molecule has 0 saturated carbocycles. The first-order chi connectivity index (χ1) is 14.7. The summed E-state index contributed by atoms with van der Waals surface area (Å²) in [7, 11) is 0.